The first-order valence-electron chi connectivity index (χ1n) is 11.4. The number of hydrogen-bond acceptors (Lipinski definition) is 3. The molecule has 0 amide bonds. The Kier molecular flexibility index (Phi) is 4.63. The molecule has 3 aromatic heterocycles. The van der Waals surface area contributed by atoms with E-state index in [4.69, 9.17) is 9.40 Å². The molecule has 0 saturated carbocycles. The lowest BCUT2D eigenvalue weighted by Crippen LogP contribution is -1.99. The van der Waals surface area contributed by atoms with Gasteiger partial charge in [0.15, 0.2) is 5.58 Å². The average molecular weight is 448 g/mol. The molecule has 0 N–H and O–H groups in total. The van der Waals surface area contributed by atoms with Gasteiger partial charge in [0, 0.05) is 22.5 Å². The van der Waals surface area contributed by atoms with Crippen LogP contribution in [0.25, 0.3) is 54.4 Å². The van der Waals surface area contributed by atoms with Crippen molar-refractivity contribution in [2.45, 2.75) is 33.6 Å². The van der Waals surface area contributed by atoms with Gasteiger partial charge in [-0.3, -0.25) is 4.98 Å². The molecule has 0 atom stereocenters. The number of aryl methyl sites for hydroxylation is 2. The number of aromatic nitrogens is 1. The van der Waals surface area contributed by atoms with Crippen LogP contribution < -0.4 is 0 Å². The average Bonchev–Trinajstić information content (AvgIpc) is 3.43. The number of thiophene rings is 1. The molecule has 0 radical (unpaired) electrons. The number of para-hydroxylation sites is 1. The molecule has 0 unspecified atom stereocenters. The van der Waals surface area contributed by atoms with Crippen LogP contribution in [0, 0.1) is 13.8 Å². The minimum Gasteiger partial charge on any atom is -0.454 e. The molecule has 0 fully saturated rings. The minimum atomic E-state index is 0.384. The SMILES string of the molecule is Cc1cccc(C)c1-c1cc(-c2cccc3c2oc2c3ccc3ccsc32)ncc1C(C)C. The van der Waals surface area contributed by atoms with E-state index < -0.39 is 0 Å². The molecule has 0 aliphatic heterocycles. The van der Waals surface area contributed by atoms with Crippen molar-refractivity contribution >= 4 is 43.4 Å². The number of hydrogen-bond donors (Lipinski definition) is 0. The summed E-state index contributed by atoms with van der Waals surface area (Å²) in [4.78, 5) is 4.93. The van der Waals surface area contributed by atoms with Crippen LogP contribution in [-0.2, 0) is 0 Å². The van der Waals surface area contributed by atoms with E-state index in [2.05, 4.69) is 99.9 Å². The first-order valence-corrected chi connectivity index (χ1v) is 12.3. The second-order valence-electron chi connectivity index (χ2n) is 9.14. The highest BCUT2D eigenvalue weighted by Gasteiger charge is 2.19. The van der Waals surface area contributed by atoms with Crippen molar-refractivity contribution in [3.05, 3.63) is 88.9 Å². The molecule has 3 heteroatoms. The summed E-state index contributed by atoms with van der Waals surface area (Å²) in [5, 5.41) is 5.66. The second kappa shape index (κ2) is 7.57. The molecule has 3 heterocycles. The van der Waals surface area contributed by atoms with E-state index in [-0.39, 0.29) is 0 Å². The van der Waals surface area contributed by atoms with Crippen LogP contribution in [0.15, 0.2) is 76.7 Å². The third kappa shape index (κ3) is 3.11. The molecule has 6 aromatic rings. The second-order valence-corrected chi connectivity index (χ2v) is 10.1. The summed E-state index contributed by atoms with van der Waals surface area (Å²) in [5.74, 6) is 0.384. The van der Waals surface area contributed by atoms with E-state index in [0.29, 0.717) is 5.92 Å². The molecule has 0 spiro atoms. The number of rotatable bonds is 3. The fraction of sp³-hybridized carbons (Fsp3) is 0.167. The Balaban J connectivity index is 1.64. The highest BCUT2D eigenvalue weighted by molar-refractivity contribution is 7.18. The van der Waals surface area contributed by atoms with E-state index in [1.165, 1.54) is 37.9 Å². The molecule has 2 nitrogen and oxygen atoms in total. The van der Waals surface area contributed by atoms with Crippen molar-refractivity contribution in [1.82, 2.24) is 4.98 Å². The van der Waals surface area contributed by atoms with Gasteiger partial charge in [-0.2, -0.15) is 0 Å². The van der Waals surface area contributed by atoms with Crippen molar-refractivity contribution < 1.29 is 4.42 Å². The van der Waals surface area contributed by atoms with E-state index in [1.54, 1.807) is 11.3 Å². The van der Waals surface area contributed by atoms with Gasteiger partial charge in [-0.05, 0) is 82.6 Å². The Morgan fingerprint density at radius 3 is 2.36 bits per heavy atom. The Labute approximate surface area is 197 Å². The standard InChI is InChI=1S/C30H25NOS/c1-17(2)25-16-31-26(15-24(25)27-18(3)7-5-8-19(27)4)23-10-6-9-21-22-12-11-20-13-14-33-30(20)29(22)32-28(21)23/h5-17H,1-4H3. The van der Waals surface area contributed by atoms with Gasteiger partial charge in [0.25, 0.3) is 0 Å². The number of pyridine rings is 1. The number of nitrogens with zero attached hydrogens (tertiary/aromatic N) is 1. The van der Waals surface area contributed by atoms with E-state index in [0.717, 1.165) is 33.2 Å². The first-order chi connectivity index (χ1) is 16.0. The lowest BCUT2D eigenvalue weighted by atomic mass is 9.88. The summed E-state index contributed by atoms with van der Waals surface area (Å²) in [5.41, 5.74) is 10.3. The van der Waals surface area contributed by atoms with E-state index in [9.17, 15) is 0 Å². The Hall–Kier alpha value is -3.43. The zero-order chi connectivity index (χ0) is 22.7. The monoisotopic (exact) mass is 447 g/mol. The zero-order valence-corrected chi connectivity index (χ0v) is 20.1. The fourth-order valence-corrected chi connectivity index (χ4v) is 5.89. The highest BCUT2D eigenvalue weighted by atomic mass is 32.1. The summed E-state index contributed by atoms with van der Waals surface area (Å²) in [7, 11) is 0. The lowest BCUT2D eigenvalue weighted by Gasteiger charge is -2.18. The highest BCUT2D eigenvalue weighted by Crippen LogP contribution is 2.41. The first kappa shape index (κ1) is 20.2. The molecule has 162 valence electrons. The normalized spacial score (nSPS) is 11.9. The summed E-state index contributed by atoms with van der Waals surface area (Å²) in [6.07, 6.45) is 2.06. The van der Waals surface area contributed by atoms with Gasteiger partial charge in [-0.15, -0.1) is 11.3 Å². The van der Waals surface area contributed by atoms with Crippen LogP contribution in [0.3, 0.4) is 0 Å². The van der Waals surface area contributed by atoms with Crippen LogP contribution in [0.4, 0.5) is 0 Å². The molecular formula is C30H25NOS. The number of fused-ring (bicyclic) bond motifs is 5. The van der Waals surface area contributed by atoms with Gasteiger partial charge in [0.2, 0.25) is 0 Å². The summed E-state index contributed by atoms with van der Waals surface area (Å²) in [6, 6.07) is 21.7. The van der Waals surface area contributed by atoms with Crippen LogP contribution in [0.1, 0.15) is 36.5 Å². The van der Waals surface area contributed by atoms with Gasteiger partial charge in [0.1, 0.15) is 5.58 Å². The number of furan rings is 1. The fourth-order valence-electron chi connectivity index (χ4n) is 5.01. The quantitative estimate of drug-likeness (QED) is 0.270. The lowest BCUT2D eigenvalue weighted by molar-refractivity contribution is 0.674. The van der Waals surface area contributed by atoms with Gasteiger partial charge in [0.05, 0.1) is 10.4 Å². The number of benzene rings is 3. The molecule has 6 rings (SSSR count). The third-order valence-corrected chi connectivity index (χ3v) is 7.60. The summed E-state index contributed by atoms with van der Waals surface area (Å²) in [6.45, 7) is 8.86. The summed E-state index contributed by atoms with van der Waals surface area (Å²) < 4.78 is 7.75. The molecule has 0 aliphatic rings. The molecule has 0 saturated heterocycles. The van der Waals surface area contributed by atoms with Crippen LogP contribution in [0.2, 0.25) is 0 Å². The molecular weight excluding hydrogens is 422 g/mol. The van der Waals surface area contributed by atoms with Gasteiger partial charge < -0.3 is 4.42 Å². The Morgan fingerprint density at radius 2 is 1.58 bits per heavy atom. The van der Waals surface area contributed by atoms with Crippen molar-refractivity contribution in [3.8, 4) is 22.4 Å². The third-order valence-electron chi connectivity index (χ3n) is 6.67. The van der Waals surface area contributed by atoms with E-state index >= 15 is 0 Å². The summed E-state index contributed by atoms with van der Waals surface area (Å²) >= 11 is 1.73. The van der Waals surface area contributed by atoms with Crippen molar-refractivity contribution in [2.75, 3.05) is 0 Å². The van der Waals surface area contributed by atoms with E-state index in [1.807, 2.05) is 0 Å². The van der Waals surface area contributed by atoms with Gasteiger partial charge in [-0.25, -0.2) is 0 Å². The maximum atomic E-state index is 6.55. The Bertz CT molecular complexity index is 1650. The molecule has 0 bridgehead atoms. The minimum absolute atomic E-state index is 0.384. The van der Waals surface area contributed by atoms with Crippen LogP contribution in [0.5, 0.6) is 0 Å². The molecule has 33 heavy (non-hydrogen) atoms. The predicted molar refractivity (Wildman–Crippen MR) is 141 cm³/mol. The van der Waals surface area contributed by atoms with Crippen molar-refractivity contribution in [1.29, 1.82) is 0 Å². The maximum Gasteiger partial charge on any atom is 0.153 e. The van der Waals surface area contributed by atoms with Crippen molar-refractivity contribution in [2.24, 2.45) is 0 Å². The predicted octanol–water partition coefficient (Wildman–Crippen LogP) is 9.27. The topological polar surface area (TPSA) is 26.0 Å². The smallest absolute Gasteiger partial charge is 0.153 e. The molecule has 3 aromatic carbocycles. The zero-order valence-electron chi connectivity index (χ0n) is 19.3. The Morgan fingerprint density at radius 1 is 0.818 bits per heavy atom. The van der Waals surface area contributed by atoms with Crippen LogP contribution in [-0.4, -0.2) is 4.98 Å². The van der Waals surface area contributed by atoms with Gasteiger partial charge >= 0.3 is 0 Å². The maximum absolute atomic E-state index is 6.55. The van der Waals surface area contributed by atoms with Gasteiger partial charge in [-0.1, -0.05) is 50.2 Å². The van der Waals surface area contributed by atoms with Crippen LogP contribution >= 0.6 is 11.3 Å². The van der Waals surface area contributed by atoms with Crippen molar-refractivity contribution in [3.63, 3.8) is 0 Å². The largest absolute Gasteiger partial charge is 0.454 e. The molecule has 0 aliphatic carbocycles.